The number of piperidine rings is 1. The van der Waals surface area contributed by atoms with Gasteiger partial charge >= 0.3 is 0 Å². The molecule has 5 heteroatoms. The number of aryl methyl sites for hydroxylation is 3. The molecule has 5 nitrogen and oxygen atoms in total. The predicted octanol–water partition coefficient (Wildman–Crippen LogP) is 4.74. The molecule has 168 valence electrons. The van der Waals surface area contributed by atoms with E-state index in [9.17, 15) is 4.79 Å². The molecular formula is C26H36N2O3. The lowest BCUT2D eigenvalue weighted by atomic mass is 9.95. The average molecular weight is 425 g/mol. The van der Waals surface area contributed by atoms with Gasteiger partial charge in [0.1, 0.15) is 11.5 Å². The first kappa shape index (κ1) is 22.1. The molecule has 1 amide bonds. The quantitative estimate of drug-likeness (QED) is 0.644. The standard InChI is InChI=1S/C26H36N2O3/c1-19-7-4-5-8-23(19)17-27-12-10-22(11-13-27)16-28(18-24-9-6-14-30-24)26(29)25-15-20(2)31-21(25)3/h4-5,7-8,15,22,24H,6,9-14,16-18H2,1-3H3/t24-/m1/s1. The van der Waals surface area contributed by atoms with Crippen LogP contribution in [0.5, 0.6) is 0 Å². The van der Waals surface area contributed by atoms with E-state index in [4.69, 9.17) is 9.15 Å². The van der Waals surface area contributed by atoms with Gasteiger partial charge in [-0.2, -0.15) is 0 Å². The Bertz CT molecular complexity index is 877. The number of amides is 1. The maximum Gasteiger partial charge on any atom is 0.257 e. The van der Waals surface area contributed by atoms with Crippen molar-refractivity contribution in [1.82, 2.24) is 9.80 Å². The van der Waals surface area contributed by atoms with Crippen molar-refractivity contribution in [3.8, 4) is 0 Å². The van der Waals surface area contributed by atoms with Crippen molar-refractivity contribution in [3.05, 3.63) is 58.5 Å². The SMILES string of the molecule is Cc1cc(C(=O)N(CC2CCN(Cc3ccccc3C)CC2)C[C@H]2CCCO2)c(C)o1. The van der Waals surface area contributed by atoms with Crippen LogP contribution >= 0.6 is 0 Å². The van der Waals surface area contributed by atoms with Crippen LogP contribution in [0.3, 0.4) is 0 Å². The van der Waals surface area contributed by atoms with Crippen molar-refractivity contribution >= 4 is 5.91 Å². The Morgan fingerprint density at radius 2 is 1.87 bits per heavy atom. The van der Waals surface area contributed by atoms with Crippen LogP contribution in [0.1, 0.15) is 58.7 Å². The zero-order chi connectivity index (χ0) is 21.8. The van der Waals surface area contributed by atoms with Crippen molar-refractivity contribution in [3.63, 3.8) is 0 Å². The number of likely N-dealkylation sites (tertiary alicyclic amines) is 1. The minimum absolute atomic E-state index is 0.0900. The molecule has 4 rings (SSSR count). The largest absolute Gasteiger partial charge is 0.466 e. The van der Waals surface area contributed by atoms with Gasteiger partial charge < -0.3 is 14.1 Å². The number of hydrogen-bond donors (Lipinski definition) is 0. The van der Waals surface area contributed by atoms with Crippen LogP contribution in [-0.2, 0) is 11.3 Å². The maximum atomic E-state index is 13.4. The van der Waals surface area contributed by atoms with Gasteiger partial charge in [0.2, 0.25) is 0 Å². The van der Waals surface area contributed by atoms with Crippen molar-refractivity contribution in [1.29, 1.82) is 0 Å². The molecule has 2 aromatic rings. The summed E-state index contributed by atoms with van der Waals surface area (Å²) in [7, 11) is 0. The molecule has 1 aromatic heterocycles. The van der Waals surface area contributed by atoms with E-state index in [0.29, 0.717) is 23.8 Å². The van der Waals surface area contributed by atoms with E-state index in [-0.39, 0.29) is 12.0 Å². The zero-order valence-electron chi connectivity index (χ0n) is 19.2. The summed E-state index contributed by atoms with van der Waals surface area (Å²) in [5.74, 6) is 2.13. The predicted molar refractivity (Wildman–Crippen MR) is 122 cm³/mol. The van der Waals surface area contributed by atoms with Gasteiger partial charge in [0.15, 0.2) is 0 Å². The third-order valence-electron chi connectivity index (χ3n) is 6.85. The van der Waals surface area contributed by atoms with E-state index < -0.39 is 0 Å². The molecule has 2 saturated heterocycles. The van der Waals surface area contributed by atoms with Crippen molar-refractivity contribution < 1.29 is 13.9 Å². The number of rotatable bonds is 7. The summed E-state index contributed by atoms with van der Waals surface area (Å²) in [6, 6.07) is 10.5. The van der Waals surface area contributed by atoms with Gasteiger partial charge in [-0.3, -0.25) is 9.69 Å². The highest BCUT2D eigenvalue weighted by atomic mass is 16.5. The molecule has 0 bridgehead atoms. The molecule has 31 heavy (non-hydrogen) atoms. The monoisotopic (exact) mass is 424 g/mol. The Morgan fingerprint density at radius 3 is 2.52 bits per heavy atom. The average Bonchev–Trinajstić information content (AvgIpc) is 3.39. The molecule has 0 saturated carbocycles. The molecule has 3 heterocycles. The van der Waals surface area contributed by atoms with Crippen LogP contribution in [0.25, 0.3) is 0 Å². The summed E-state index contributed by atoms with van der Waals surface area (Å²) >= 11 is 0. The number of nitrogens with zero attached hydrogens (tertiary/aromatic N) is 2. The summed E-state index contributed by atoms with van der Waals surface area (Å²) in [6.45, 7) is 11.5. The summed E-state index contributed by atoms with van der Waals surface area (Å²) < 4.78 is 11.5. The van der Waals surface area contributed by atoms with Gasteiger partial charge in [0, 0.05) is 26.2 Å². The lowest BCUT2D eigenvalue weighted by Crippen LogP contribution is -2.43. The molecule has 0 unspecified atom stereocenters. The van der Waals surface area contributed by atoms with Gasteiger partial charge in [0.05, 0.1) is 11.7 Å². The highest BCUT2D eigenvalue weighted by Crippen LogP contribution is 2.24. The molecule has 0 aliphatic carbocycles. The van der Waals surface area contributed by atoms with E-state index in [1.165, 1.54) is 11.1 Å². The van der Waals surface area contributed by atoms with Crippen LogP contribution in [0.2, 0.25) is 0 Å². The number of hydrogen-bond acceptors (Lipinski definition) is 4. The van der Waals surface area contributed by atoms with Crippen molar-refractivity contribution in [2.45, 2.75) is 59.1 Å². The second-order valence-corrected chi connectivity index (χ2v) is 9.32. The first-order valence-corrected chi connectivity index (χ1v) is 11.7. The first-order valence-electron chi connectivity index (χ1n) is 11.7. The second kappa shape index (κ2) is 10.0. The van der Waals surface area contributed by atoms with E-state index >= 15 is 0 Å². The normalized spacial score (nSPS) is 20.3. The molecule has 0 N–H and O–H groups in total. The Morgan fingerprint density at radius 1 is 1.10 bits per heavy atom. The Labute approximate surface area is 186 Å². The molecular weight excluding hydrogens is 388 g/mol. The lowest BCUT2D eigenvalue weighted by Gasteiger charge is -2.35. The smallest absolute Gasteiger partial charge is 0.257 e. The number of furan rings is 1. The highest BCUT2D eigenvalue weighted by Gasteiger charge is 2.29. The summed E-state index contributed by atoms with van der Waals surface area (Å²) in [6.07, 6.45) is 4.56. The minimum atomic E-state index is 0.0900. The van der Waals surface area contributed by atoms with Gasteiger partial charge in [-0.1, -0.05) is 24.3 Å². The first-order chi connectivity index (χ1) is 15.0. The van der Waals surface area contributed by atoms with Gasteiger partial charge in [-0.25, -0.2) is 0 Å². The minimum Gasteiger partial charge on any atom is -0.466 e. The van der Waals surface area contributed by atoms with Crippen LogP contribution in [0.4, 0.5) is 0 Å². The highest BCUT2D eigenvalue weighted by molar-refractivity contribution is 5.95. The maximum absolute atomic E-state index is 13.4. The Hall–Kier alpha value is -2.11. The zero-order valence-corrected chi connectivity index (χ0v) is 19.2. The van der Waals surface area contributed by atoms with Crippen LogP contribution in [0, 0.1) is 26.7 Å². The van der Waals surface area contributed by atoms with Gasteiger partial charge in [0.25, 0.3) is 5.91 Å². The van der Waals surface area contributed by atoms with Crippen LogP contribution in [-0.4, -0.2) is 54.6 Å². The molecule has 0 radical (unpaired) electrons. The topological polar surface area (TPSA) is 45.9 Å². The number of carbonyl (C=O) groups is 1. The fraction of sp³-hybridized carbons (Fsp3) is 0.577. The van der Waals surface area contributed by atoms with Gasteiger partial charge in [-0.05, 0) is 82.7 Å². The molecule has 1 atom stereocenters. The second-order valence-electron chi connectivity index (χ2n) is 9.32. The Kier molecular flexibility index (Phi) is 7.13. The number of ether oxygens (including phenoxy) is 1. The molecule has 1 aromatic carbocycles. The van der Waals surface area contributed by atoms with Crippen molar-refractivity contribution in [2.24, 2.45) is 5.92 Å². The fourth-order valence-corrected chi connectivity index (χ4v) is 4.96. The summed E-state index contributed by atoms with van der Waals surface area (Å²) in [4.78, 5) is 18.0. The lowest BCUT2D eigenvalue weighted by molar-refractivity contribution is 0.0443. The summed E-state index contributed by atoms with van der Waals surface area (Å²) in [5.41, 5.74) is 3.48. The molecule has 0 spiro atoms. The third-order valence-corrected chi connectivity index (χ3v) is 6.85. The van der Waals surface area contributed by atoms with Crippen LogP contribution in [0.15, 0.2) is 34.7 Å². The fourth-order valence-electron chi connectivity index (χ4n) is 4.96. The Balaban J connectivity index is 1.37. The number of carbonyl (C=O) groups excluding carboxylic acids is 1. The summed E-state index contributed by atoms with van der Waals surface area (Å²) in [5, 5.41) is 0. The molecule has 2 fully saturated rings. The number of benzene rings is 1. The van der Waals surface area contributed by atoms with Crippen molar-refractivity contribution in [2.75, 3.05) is 32.8 Å². The van der Waals surface area contributed by atoms with Gasteiger partial charge in [-0.15, -0.1) is 0 Å². The van der Waals surface area contributed by atoms with E-state index in [1.54, 1.807) is 0 Å². The van der Waals surface area contributed by atoms with Crippen LogP contribution < -0.4 is 0 Å². The van der Waals surface area contributed by atoms with E-state index in [0.717, 1.165) is 64.2 Å². The molecule has 2 aliphatic rings. The third kappa shape index (κ3) is 5.58. The van der Waals surface area contributed by atoms with E-state index in [1.807, 2.05) is 24.8 Å². The molecule has 2 aliphatic heterocycles. The van der Waals surface area contributed by atoms with E-state index in [2.05, 4.69) is 36.1 Å².